The highest BCUT2D eigenvalue weighted by Gasteiger charge is 2.25. The van der Waals surface area contributed by atoms with Gasteiger partial charge in [0, 0.05) is 11.3 Å². The molecule has 1 unspecified atom stereocenters. The van der Waals surface area contributed by atoms with Crippen molar-refractivity contribution in [1.29, 1.82) is 0 Å². The van der Waals surface area contributed by atoms with E-state index in [9.17, 15) is 4.79 Å². The van der Waals surface area contributed by atoms with E-state index in [0.29, 0.717) is 12.2 Å². The number of rotatable bonds is 8. The lowest BCUT2D eigenvalue weighted by Gasteiger charge is -2.17. The number of fused-ring (bicyclic) bond motifs is 1. The number of para-hydroxylation sites is 1. The van der Waals surface area contributed by atoms with E-state index in [1.807, 2.05) is 91.3 Å². The van der Waals surface area contributed by atoms with Crippen LogP contribution in [0.25, 0.3) is 28.1 Å². The molecule has 0 aliphatic carbocycles. The molecule has 38 heavy (non-hydrogen) atoms. The van der Waals surface area contributed by atoms with Crippen LogP contribution in [0.5, 0.6) is 0 Å². The third kappa shape index (κ3) is 5.20. The van der Waals surface area contributed by atoms with Gasteiger partial charge in [0.1, 0.15) is 5.03 Å². The highest BCUT2D eigenvalue weighted by Crippen LogP contribution is 2.35. The lowest BCUT2D eigenvalue weighted by molar-refractivity contribution is -0.115. The molecule has 2 aromatic heterocycles. The minimum Gasteiger partial charge on any atom is -0.325 e. The second kappa shape index (κ2) is 11.2. The second-order valence-electron chi connectivity index (χ2n) is 9.29. The summed E-state index contributed by atoms with van der Waals surface area (Å²) in [6.07, 6.45) is 1.38. The molecule has 0 aliphatic heterocycles. The summed E-state index contributed by atoms with van der Waals surface area (Å²) in [7, 11) is 0. The van der Waals surface area contributed by atoms with Crippen molar-refractivity contribution >= 4 is 34.4 Å². The van der Waals surface area contributed by atoms with Gasteiger partial charge in [-0.2, -0.15) is 5.10 Å². The third-order valence-corrected chi connectivity index (χ3v) is 7.84. The van der Waals surface area contributed by atoms with Gasteiger partial charge in [0.25, 0.3) is 0 Å². The highest BCUT2D eigenvalue weighted by molar-refractivity contribution is 8.00. The number of aryl methyl sites for hydroxylation is 3. The molecule has 1 N–H and O–H groups in total. The van der Waals surface area contributed by atoms with E-state index in [0.717, 1.165) is 50.7 Å². The average Bonchev–Trinajstić information content (AvgIpc) is 3.33. The molecule has 0 spiro atoms. The van der Waals surface area contributed by atoms with Crippen LogP contribution in [0, 0.1) is 13.8 Å². The molecular formula is C31H31N5OS. The number of hydrogen-bond acceptors (Lipinski definition) is 5. The number of aromatic nitrogens is 4. The average molecular weight is 522 g/mol. The van der Waals surface area contributed by atoms with Crippen molar-refractivity contribution in [3.8, 4) is 17.1 Å². The van der Waals surface area contributed by atoms with Gasteiger partial charge in [0.05, 0.1) is 22.0 Å². The van der Waals surface area contributed by atoms with Crippen LogP contribution in [0.4, 0.5) is 5.69 Å². The van der Waals surface area contributed by atoms with E-state index in [4.69, 9.17) is 15.1 Å². The Morgan fingerprint density at radius 1 is 0.947 bits per heavy atom. The van der Waals surface area contributed by atoms with Gasteiger partial charge in [-0.25, -0.2) is 14.6 Å². The van der Waals surface area contributed by atoms with Gasteiger partial charge in [-0.05, 0) is 50.5 Å². The Labute approximate surface area is 227 Å². The zero-order valence-electron chi connectivity index (χ0n) is 22.1. The van der Waals surface area contributed by atoms with Crippen LogP contribution >= 0.6 is 11.8 Å². The number of carbonyl (C=O) groups excluding carboxylic acids is 1. The summed E-state index contributed by atoms with van der Waals surface area (Å²) in [5.41, 5.74) is 6.56. The molecule has 2 heterocycles. The van der Waals surface area contributed by atoms with Crippen molar-refractivity contribution in [3.63, 3.8) is 0 Å². The first-order chi connectivity index (χ1) is 18.5. The summed E-state index contributed by atoms with van der Waals surface area (Å²) in [5, 5.41) is 9.42. The fourth-order valence-electron chi connectivity index (χ4n) is 4.48. The molecule has 1 amide bonds. The van der Waals surface area contributed by atoms with Crippen molar-refractivity contribution in [2.24, 2.45) is 0 Å². The number of hydrogen-bond donors (Lipinski definition) is 1. The van der Waals surface area contributed by atoms with Crippen LogP contribution in [0.15, 0.2) is 83.9 Å². The molecule has 5 aromatic rings. The molecule has 0 bridgehead atoms. The maximum Gasteiger partial charge on any atom is 0.237 e. The topological polar surface area (TPSA) is 72.7 Å². The van der Waals surface area contributed by atoms with Gasteiger partial charge in [-0.1, -0.05) is 91.8 Å². The molecule has 7 heteroatoms. The number of nitrogens with zero attached hydrogens (tertiary/aromatic N) is 4. The largest absolute Gasteiger partial charge is 0.325 e. The van der Waals surface area contributed by atoms with E-state index in [1.54, 1.807) is 0 Å². The van der Waals surface area contributed by atoms with E-state index in [2.05, 4.69) is 25.2 Å². The van der Waals surface area contributed by atoms with Gasteiger partial charge >= 0.3 is 0 Å². The van der Waals surface area contributed by atoms with Crippen LogP contribution in [0.3, 0.4) is 0 Å². The fraction of sp³-hybridized carbons (Fsp3) is 0.226. The van der Waals surface area contributed by atoms with Crippen LogP contribution in [0.2, 0.25) is 0 Å². The maximum absolute atomic E-state index is 13.5. The van der Waals surface area contributed by atoms with Crippen molar-refractivity contribution in [2.75, 3.05) is 5.32 Å². The molecule has 0 radical (unpaired) electrons. The minimum absolute atomic E-state index is 0.0361. The Morgan fingerprint density at radius 3 is 2.32 bits per heavy atom. The third-order valence-electron chi connectivity index (χ3n) is 6.49. The first kappa shape index (κ1) is 25.7. The van der Waals surface area contributed by atoms with Crippen LogP contribution in [0.1, 0.15) is 37.1 Å². The SMILES string of the molecule is CCc1nn(-c2ccccc2)c2nc(-c3ccccc3)nc(SC(CC)C(=O)Nc3ccc(C)cc3C)c12. The summed E-state index contributed by atoms with van der Waals surface area (Å²) in [4.78, 5) is 23.5. The first-order valence-corrected chi connectivity index (χ1v) is 13.8. The normalized spacial score (nSPS) is 12.0. The van der Waals surface area contributed by atoms with E-state index in [-0.39, 0.29) is 11.2 Å². The van der Waals surface area contributed by atoms with Gasteiger partial charge in [0.2, 0.25) is 5.91 Å². The Balaban J connectivity index is 1.61. The molecule has 0 saturated heterocycles. The fourth-order valence-corrected chi connectivity index (χ4v) is 5.54. The smallest absolute Gasteiger partial charge is 0.237 e. The number of nitrogens with one attached hydrogen (secondary N) is 1. The standard InChI is InChI=1S/C31H31N5OS/c1-5-24-27-29(36(35-24)23-15-11-8-12-16-23)33-28(22-13-9-7-10-14-22)34-31(27)38-26(6-2)30(37)32-25-18-17-20(3)19-21(25)4/h7-19,26H,5-6H2,1-4H3,(H,32,37). The van der Waals surface area contributed by atoms with Crippen LogP contribution in [-0.2, 0) is 11.2 Å². The Kier molecular flexibility index (Phi) is 7.56. The molecule has 5 rings (SSSR count). The highest BCUT2D eigenvalue weighted by atomic mass is 32.2. The van der Waals surface area contributed by atoms with Crippen LogP contribution < -0.4 is 5.32 Å². The predicted octanol–water partition coefficient (Wildman–Crippen LogP) is 7.17. The van der Waals surface area contributed by atoms with Crippen molar-refractivity contribution in [1.82, 2.24) is 19.7 Å². The Bertz CT molecular complexity index is 1580. The number of thioether (sulfide) groups is 1. The molecule has 3 aromatic carbocycles. The molecule has 1 atom stereocenters. The summed E-state index contributed by atoms with van der Waals surface area (Å²) < 4.78 is 1.89. The molecule has 0 fully saturated rings. The van der Waals surface area contributed by atoms with Gasteiger partial charge < -0.3 is 5.32 Å². The summed E-state index contributed by atoms with van der Waals surface area (Å²) >= 11 is 1.48. The lowest BCUT2D eigenvalue weighted by Crippen LogP contribution is -2.25. The molecule has 192 valence electrons. The monoisotopic (exact) mass is 521 g/mol. The molecule has 0 aliphatic rings. The molecular weight excluding hydrogens is 490 g/mol. The Hall–Kier alpha value is -3.97. The quantitative estimate of drug-likeness (QED) is 0.173. The van der Waals surface area contributed by atoms with Crippen molar-refractivity contribution in [3.05, 3.63) is 95.7 Å². The second-order valence-corrected chi connectivity index (χ2v) is 10.5. The summed E-state index contributed by atoms with van der Waals surface area (Å²) in [5.74, 6) is 0.580. The number of anilines is 1. The van der Waals surface area contributed by atoms with E-state index < -0.39 is 0 Å². The van der Waals surface area contributed by atoms with Crippen molar-refractivity contribution in [2.45, 2.75) is 50.8 Å². The van der Waals surface area contributed by atoms with E-state index >= 15 is 0 Å². The summed E-state index contributed by atoms with van der Waals surface area (Å²) in [6.45, 7) is 8.18. The van der Waals surface area contributed by atoms with Crippen molar-refractivity contribution < 1.29 is 4.79 Å². The maximum atomic E-state index is 13.5. The van der Waals surface area contributed by atoms with Gasteiger partial charge in [-0.15, -0.1) is 0 Å². The molecule has 0 saturated carbocycles. The number of benzene rings is 3. The van der Waals surface area contributed by atoms with Crippen LogP contribution in [-0.4, -0.2) is 30.9 Å². The lowest BCUT2D eigenvalue weighted by atomic mass is 10.1. The summed E-state index contributed by atoms with van der Waals surface area (Å²) in [6, 6.07) is 26.0. The zero-order valence-corrected chi connectivity index (χ0v) is 22.9. The van der Waals surface area contributed by atoms with E-state index in [1.165, 1.54) is 17.3 Å². The van der Waals surface area contributed by atoms with Gasteiger partial charge in [0.15, 0.2) is 11.5 Å². The molecule has 6 nitrogen and oxygen atoms in total. The predicted molar refractivity (Wildman–Crippen MR) is 156 cm³/mol. The van der Waals surface area contributed by atoms with Gasteiger partial charge in [-0.3, -0.25) is 4.79 Å². The zero-order chi connectivity index (χ0) is 26.6. The number of carbonyl (C=O) groups is 1. The first-order valence-electron chi connectivity index (χ1n) is 12.9. The Morgan fingerprint density at radius 2 is 1.66 bits per heavy atom. The number of amides is 1. The minimum atomic E-state index is -0.331.